The van der Waals surface area contributed by atoms with Crippen molar-refractivity contribution in [3.8, 4) is 0 Å². The van der Waals surface area contributed by atoms with Gasteiger partial charge in [-0.3, -0.25) is 19.2 Å². The van der Waals surface area contributed by atoms with Crippen molar-refractivity contribution in [2.45, 2.75) is 65.2 Å². The number of hydrogen-bond acceptors (Lipinski definition) is 6. The van der Waals surface area contributed by atoms with E-state index < -0.39 is 5.91 Å². The number of amides is 4. The maximum absolute atomic E-state index is 12.9. The number of rotatable bonds is 15. The fourth-order valence-electron chi connectivity index (χ4n) is 4.26. The van der Waals surface area contributed by atoms with Crippen LogP contribution in [0.5, 0.6) is 0 Å². The maximum atomic E-state index is 12.9. The maximum Gasteiger partial charge on any atom is 0.247 e. The van der Waals surface area contributed by atoms with Gasteiger partial charge >= 0.3 is 0 Å². The average molecular weight is 546 g/mol. The quantitative estimate of drug-likeness (QED) is 0.258. The molecule has 0 atom stereocenters. The Labute approximate surface area is 230 Å². The third-order valence-electron chi connectivity index (χ3n) is 6.30. The molecular weight excluding hydrogens is 502 g/mol. The third-order valence-corrected chi connectivity index (χ3v) is 7.42. The predicted octanol–water partition coefficient (Wildman–Crippen LogP) is 3.51. The molecule has 1 fully saturated rings. The van der Waals surface area contributed by atoms with Crippen LogP contribution in [0.25, 0.3) is 5.70 Å². The van der Waals surface area contributed by atoms with Gasteiger partial charge in [-0.2, -0.15) is 0 Å². The second-order valence-corrected chi connectivity index (χ2v) is 10.9. The van der Waals surface area contributed by atoms with Gasteiger partial charge in [-0.15, -0.1) is 11.3 Å². The van der Waals surface area contributed by atoms with Gasteiger partial charge in [-0.1, -0.05) is 51.5 Å². The molecule has 0 saturated carbocycles. The lowest BCUT2D eigenvalue weighted by atomic mass is 10.0. The van der Waals surface area contributed by atoms with Crippen LogP contribution in [0.3, 0.4) is 0 Å². The van der Waals surface area contributed by atoms with Crippen LogP contribution < -0.4 is 16.0 Å². The number of hydrogen-bond donors (Lipinski definition) is 2. The average Bonchev–Trinajstić information content (AvgIpc) is 3.33. The van der Waals surface area contributed by atoms with E-state index in [9.17, 15) is 19.2 Å². The molecular formula is C28H43N5O4S. The number of anilines is 1. The van der Waals surface area contributed by atoms with Gasteiger partial charge in [0.2, 0.25) is 23.6 Å². The lowest BCUT2D eigenvalue weighted by Gasteiger charge is -2.33. The highest BCUT2D eigenvalue weighted by atomic mass is 32.1. The largest absolute Gasteiger partial charge is 0.366 e. The molecule has 0 radical (unpaired) electrons. The van der Waals surface area contributed by atoms with Crippen molar-refractivity contribution < 1.29 is 19.2 Å². The number of primary amides is 1. The van der Waals surface area contributed by atoms with Gasteiger partial charge in [0.1, 0.15) is 6.54 Å². The Kier molecular flexibility index (Phi) is 13.2. The predicted molar refractivity (Wildman–Crippen MR) is 153 cm³/mol. The minimum Gasteiger partial charge on any atom is -0.366 e. The van der Waals surface area contributed by atoms with Crippen LogP contribution in [-0.4, -0.2) is 73.7 Å². The van der Waals surface area contributed by atoms with Crippen molar-refractivity contribution in [2.24, 2.45) is 5.73 Å². The highest BCUT2D eigenvalue weighted by molar-refractivity contribution is 7.17. The highest BCUT2D eigenvalue weighted by Gasteiger charge is 2.28. The number of thiophene rings is 1. The van der Waals surface area contributed by atoms with E-state index in [1.165, 1.54) is 54.9 Å². The minimum atomic E-state index is -0.555. The number of unbranched alkanes of at least 4 members (excludes halogenated alkanes) is 6. The molecule has 10 heteroatoms. The van der Waals surface area contributed by atoms with E-state index in [2.05, 4.69) is 12.2 Å². The van der Waals surface area contributed by atoms with Crippen molar-refractivity contribution in [1.82, 2.24) is 15.1 Å². The molecule has 38 heavy (non-hydrogen) atoms. The summed E-state index contributed by atoms with van der Waals surface area (Å²) in [6.07, 6.45) is 11.5. The number of carbonyl (C=O) groups excluding carboxylic acids is 4. The van der Waals surface area contributed by atoms with Gasteiger partial charge in [0.15, 0.2) is 0 Å². The molecule has 210 valence electrons. The standard InChI is InChI=1S/C28H43N5O4S/c1-5-6-7-8-9-10-11-13-22(28(29)37)27(30-21(2)34)23-15-16-26(38-23)33-19-18-32(20-25(33)36)24(35)14-12-17-31(3)4/h12,14-16H,5-11,13,17-20H2,1-4H3,(H2,29,37)(H,30,34). The first kappa shape index (κ1) is 31.2. The number of likely N-dealkylation sites (N-methyl/N-ethyl adjacent to an activating group) is 1. The van der Waals surface area contributed by atoms with Crippen molar-refractivity contribution in [1.29, 1.82) is 0 Å². The monoisotopic (exact) mass is 545 g/mol. The number of piperazine rings is 1. The zero-order chi connectivity index (χ0) is 28.1. The first-order valence-corrected chi connectivity index (χ1v) is 14.3. The zero-order valence-electron chi connectivity index (χ0n) is 23.3. The summed E-state index contributed by atoms with van der Waals surface area (Å²) in [4.78, 5) is 55.5. The second-order valence-electron chi connectivity index (χ2n) is 9.88. The molecule has 9 nitrogen and oxygen atoms in total. The molecule has 2 rings (SSSR count). The Morgan fingerprint density at radius 3 is 2.37 bits per heavy atom. The number of carbonyl (C=O) groups is 4. The van der Waals surface area contributed by atoms with E-state index in [1.54, 1.807) is 23.1 Å². The summed E-state index contributed by atoms with van der Waals surface area (Å²) in [7, 11) is 3.84. The zero-order valence-corrected chi connectivity index (χ0v) is 24.1. The summed E-state index contributed by atoms with van der Waals surface area (Å²) >= 11 is 1.32. The number of nitrogens with one attached hydrogen (secondary N) is 1. The summed E-state index contributed by atoms with van der Waals surface area (Å²) < 4.78 is 0. The summed E-state index contributed by atoms with van der Waals surface area (Å²) in [5, 5.41) is 3.50. The van der Waals surface area contributed by atoms with Gasteiger partial charge in [-0.05, 0) is 39.1 Å². The Morgan fingerprint density at radius 1 is 1.08 bits per heavy atom. The number of nitrogens with two attached hydrogens (primary N) is 1. The molecule has 2 heterocycles. The van der Waals surface area contributed by atoms with E-state index in [0.717, 1.165) is 19.3 Å². The molecule has 1 saturated heterocycles. The van der Waals surface area contributed by atoms with Gasteiger partial charge in [-0.25, -0.2) is 0 Å². The fraction of sp³-hybridized carbons (Fsp3) is 0.571. The first-order valence-electron chi connectivity index (χ1n) is 13.4. The van der Waals surface area contributed by atoms with Crippen molar-refractivity contribution in [2.75, 3.05) is 45.2 Å². The molecule has 0 aromatic carbocycles. The van der Waals surface area contributed by atoms with E-state index in [4.69, 9.17) is 5.73 Å². The molecule has 1 aromatic heterocycles. The Balaban J connectivity index is 2.12. The van der Waals surface area contributed by atoms with Crippen molar-refractivity contribution in [3.63, 3.8) is 0 Å². The third kappa shape index (κ3) is 10.1. The van der Waals surface area contributed by atoms with Gasteiger partial charge in [0, 0.05) is 38.2 Å². The SMILES string of the molecule is CCCCCCCCCC(C(N)=O)=C(NC(C)=O)c1ccc(N2CCN(C(=O)C=CCN(C)C)CC2=O)s1. The summed E-state index contributed by atoms with van der Waals surface area (Å²) in [5.41, 5.74) is 6.56. The van der Waals surface area contributed by atoms with E-state index in [-0.39, 0.29) is 24.3 Å². The van der Waals surface area contributed by atoms with Crippen molar-refractivity contribution >= 4 is 45.7 Å². The van der Waals surface area contributed by atoms with Crippen LogP contribution in [0.2, 0.25) is 0 Å². The minimum absolute atomic E-state index is 0.00243. The molecule has 4 amide bonds. The van der Waals surface area contributed by atoms with Crippen LogP contribution in [0.4, 0.5) is 5.00 Å². The first-order chi connectivity index (χ1) is 18.1. The normalized spacial score (nSPS) is 14.8. The van der Waals surface area contributed by atoms with Gasteiger partial charge in [0.05, 0.1) is 15.6 Å². The van der Waals surface area contributed by atoms with Crippen LogP contribution in [0.15, 0.2) is 29.9 Å². The molecule has 1 aliphatic rings. The summed E-state index contributed by atoms with van der Waals surface area (Å²) in [6.45, 7) is 5.01. The second kappa shape index (κ2) is 16.1. The molecule has 0 unspecified atom stereocenters. The van der Waals surface area contributed by atoms with E-state index >= 15 is 0 Å². The van der Waals surface area contributed by atoms with Gasteiger partial charge in [0.25, 0.3) is 0 Å². The topological polar surface area (TPSA) is 116 Å². The summed E-state index contributed by atoms with van der Waals surface area (Å²) in [5.74, 6) is -1.21. The molecule has 3 N–H and O–H groups in total. The fourth-order valence-corrected chi connectivity index (χ4v) is 5.34. The van der Waals surface area contributed by atoms with Crippen LogP contribution in [0.1, 0.15) is 70.1 Å². The van der Waals surface area contributed by atoms with Gasteiger partial charge < -0.3 is 25.8 Å². The Morgan fingerprint density at radius 2 is 1.76 bits per heavy atom. The lowest BCUT2D eigenvalue weighted by Crippen LogP contribution is -2.51. The molecule has 1 aliphatic heterocycles. The molecule has 0 aliphatic carbocycles. The van der Waals surface area contributed by atoms with Crippen LogP contribution in [0, 0.1) is 0 Å². The molecule has 0 bridgehead atoms. The van der Waals surface area contributed by atoms with E-state index in [1.807, 2.05) is 19.0 Å². The van der Waals surface area contributed by atoms with Crippen LogP contribution in [-0.2, 0) is 19.2 Å². The Bertz CT molecular complexity index is 1030. The highest BCUT2D eigenvalue weighted by Crippen LogP contribution is 2.33. The van der Waals surface area contributed by atoms with E-state index in [0.29, 0.717) is 47.2 Å². The number of nitrogens with zero attached hydrogens (tertiary/aromatic N) is 3. The van der Waals surface area contributed by atoms with Crippen LogP contribution >= 0.6 is 11.3 Å². The molecule has 0 spiro atoms. The smallest absolute Gasteiger partial charge is 0.247 e. The van der Waals surface area contributed by atoms with Crippen molar-refractivity contribution in [3.05, 3.63) is 34.7 Å². The molecule has 1 aromatic rings. The Hall–Kier alpha value is -2.98. The lowest BCUT2D eigenvalue weighted by molar-refractivity contribution is -0.133. The summed E-state index contributed by atoms with van der Waals surface area (Å²) in [6, 6.07) is 3.61.